The minimum atomic E-state index is 0.0748. The Bertz CT molecular complexity index is 715. The van der Waals surface area contributed by atoms with E-state index in [1.165, 1.54) is 5.56 Å². The first kappa shape index (κ1) is 18.5. The Morgan fingerprint density at radius 3 is 2.54 bits per heavy atom. The number of ether oxygens (including phenoxy) is 1. The van der Waals surface area contributed by atoms with Crippen LogP contribution in [-0.4, -0.2) is 43.0 Å². The summed E-state index contributed by atoms with van der Waals surface area (Å²) in [5.74, 6) is 1.03. The van der Waals surface area contributed by atoms with Crippen molar-refractivity contribution in [1.82, 2.24) is 9.80 Å². The van der Waals surface area contributed by atoms with E-state index < -0.39 is 0 Å². The highest BCUT2D eigenvalue weighted by Gasteiger charge is 2.29. The lowest BCUT2D eigenvalue weighted by atomic mass is 10.0. The van der Waals surface area contributed by atoms with Crippen LogP contribution in [0.15, 0.2) is 54.6 Å². The third kappa shape index (κ3) is 4.07. The summed E-state index contributed by atoms with van der Waals surface area (Å²) in [7, 11) is 3.58. The van der Waals surface area contributed by atoms with Crippen molar-refractivity contribution in [1.29, 1.82) is 0 Å². The molecule has 0 aliphatic carbocycles. The van der Waals surface area contributed by atoms with Gasteiger partial charge in [-0.25, -0.2) is 0 Å². The van der Waals surface area contributed by atoms with Gasteiger partial charge in [-0.1, -0.05) is 42.5 Å². The van der Waals surface area contributed by atoms with Gasteiger partial charge in [0, 0.05) is 13.1 Å². The standard InChI is InChI=1S/C22H28N2O2/c1-17(18-8-5-4-6-9-18)23(2)22(25)16-24-15-7-10-21(24)19-11-13-20(26-3)14-12-19/h4-6,8-9,11-14,17,21H,7,10,15-16H2,1-3H3/t17-,21+/m1/s1. The topological polar surface area (TPSA) is 32.8 Å². The average molecular weight is 352 g/mol. The normalized spacial score (nSPS) is 18.5. The number of carbonyl (C=O) groups excluding carboxylic acids is 1. The van der Waals surface area contributed by atoms with Gasteiger partial charge < -0.3 is 9.64 Å². The predicted molar refractivity (Wildman–Crippen MR) is 104 cm³/mol. The summed E-state index contributed by atoms with van der Waals surface area (Å²) < 4.78 is 5.25. The van der Waals surface area contributed by atoms with Gasteiger partial charge in [-0.05, 0) is 49.6 Å². The molecule has 0 spiro atoms. The van der Waals surface area contributed by atoms with Gasteiger partial charge in [0.15, 0.2) is 0 Å². The summed E-state index contributed by atoms with van der Waals surface area (Å²) in [6.07, 6.45) is 2.22. The van der Waals surface area contributed by atoms with Crippen LogP contribution in [0, 0.1) is 0 Å². The van der Waals surface area contributed by atoms with E-state index in [1.54, 1.807) is 7.11 Å². The summed E-state index contributed by atoms with van der Waals surface area (Å²) >= 11 is 0. The Kier molecular flexibility index (Phi) is 5.94. The highest BCUT2D eigenvalue weighted by molar-refractivity contribution is 5.78. The van der Waals surface area contributed by atoms with Crippen molar-refractivity contribution in [3.63, 3.8) is 0 Å². The molecule has 4 nitrogen and oxygen atoms in total. The van der Waals surface area contributed by atoms with Crippen molar-refractivity contribution in [2.24, 2.45) is 0 Å². The lowest BCUT2D eigenvalue weighted by Gasteiger charge is -2.30. The maximum atomic E-state index is 12.9. The number of likely N-dealkylation sites (N-methyl/N-ethyl adjacent to an activating group) is 1. The molecule has 0 unspecified atom stereocenters. The molecule has 1 heterocycles. The Morgan fingerprint density at radius 2 is 1.88 bits per heavy atom. The number of amides is 1. The van der Waals surface area contributed by atoms with Crippen molar-refractivity contribution >= 4 is 5.91 Å². The Labute approximate surface area is 156 Å². The summed E-state index contributed by atoms with van der Waals surface area (Å²) in [4.78, 5) is 17.0. The molecule has 4 heteroatoms. The van der Waals surface area contributed by atoms with Crippen molar-refractivity contribution in [3.8, 4) is 5.75 Å². The van der Waals surface area contributed by atoms with Gasteiger partial charge in [-0.2, -0.15) is 0 Å². The van der Waals surface area contributed by atoms with E-state index in [2.05, 4.69) is 36.1 Å². The summed E-state index contributed by atoms with van der Waals surface area (Å²) in [5.41, 5.74) is 2.42. The van der Waals surface area contributed by atoms with E-state index in [0.717, 1.165) is 30.7 Å². The monoisotopic (exact) mass is 352 g/mol. The molecular weight excluding hydrogens is 324 g/mol. The molecule has 0 bridgehead atoms. The molecule has 1 aliphatic heterocycles. The molecular formula is C22H28N2O2. The van der Waals surface area contributed by atoms with E-state index in [1.807, 2.05) is 42.3 Å². The van der Waals surface area contributed by atoms with E-state index >= 15 is 0 Å². The zero-order chi connectivity index (χ0) is 18.5. The van der Waals surface area contributed by atoms with E-state index in [-0.39, 0.29) is 11.9 Å². The number of carbonyl (C=O) groups is 1. The number of methoxy groups -OCH3 is 1. The fraction of sp³-hybridized carbons (Fsp3) is 0.409. The third-order valence-electron chi connectivity index (χ3n) is 5.46. The van der Waals surface area contributed by atoms with Crippen LogP contribution < -0.4 is 4.74 Å². The zero-order valence-electron chi connectivity index (χ0n) is 15.9. The third-order valence-corrected chi connectivity index (χ3v) is 5.46. The van der Waals surface area contributed by atoms with E-state index in [9.17, 15) is 4.79 Å². The lowest BCUT2D eigenvalue weighted by Crippen LogP contribution is -2.39. The quantitative estimate of drug-likeness (QED) is 0.786. The molecule has 1 fully saturated rings. The van der Waals surface area contributed by atoms with Crippen LogP contribution in [0.3, 0.4) is 0 Å². The highest BCUT2D eigenvalue weighted by atomic mass is 16.5. The van der Waals surface area contributed by atoms with Crippen LogP contribution in [0.1, 0.15) is 43.0 Å². The molecule has 2 atom stereocenters. The lowest BCUT2D eigenvalue weighted by molar-refractivity contribution is -0.133. The summed E-state index contributed by atoms with van der Waals surface area (Å²) in [5, 5.41) is 0. The molecule has 1 saturated heterocycles. The highest BCUT2D eigenvalue weighted by Crippen LogP contribution is 2.32. The first-order valence-corrected chi connectivity index (χ1v) is 9.28. The van der Waals surface area contributed by atoms with Crippen LogP contribution in [0.2, 0.25) is 0 Å². The van der Waals surface area contributed by atoms with Gasteiger partial charge >= 0.3 is 0 Å². The van der Waals surface area contributed by atoms with Crippen LogP contribution >= 0.6 is 0 Å². The van der Waals surface area contributed by atoms with Gasteiger partial charge in [0.2, 0.25) is 5.91 Å². The molecule has 138 valence electrons. The molecule has 2 aromatic rings. The van der Waals surface area contributed by atoms with E-state index in [0.29, 0.717) is 12.6 Å². The molecule has 2 aromatic carbocycles. The summed E-state index contributed by atoms with van der Waals surface area (Å²) in [6.45, 7) is 3.51. The van der Waals surface area contributed by atoms with Crippen molar-refractivity contribution < 1.29 is 9.53 Å². The smallest absolute Gasteiger partial charge is 0.237 e. The molecule has 1 amide bonds. The first-order chi connectivity index (χ1) is 12.6. The predicted octanol–water partition coefficient (Wildman–Crippen LogP) is 4.05. The fourth-order valence-electron chi connectivity index (χ4n) is 3.68. The van der Waals surface area contributed by atoms with Crippen molar-refractivity contribution in [2.75, 3.05) is 27.2 Å². The van der Waals surface area contributed by atoms with Crippen LogP contribution in [0.4, 0.5) is 0 Å². The number of nitrogens with zero attached hydrogens (tertiary/aromatic N) is 2. The molecule has 26 heavy (non-hydrogen) atoms. The number of likely N-dealkylation sites (tertiary alicyclic amines) is 1. The second-order valence-corrected chi connectivity index (χ2v) is 6.99. The van der Waals surface area contributed by atoms with Crippen molar-refractivity contribution in [2.45, 2.75) is 31.8 Å². The minimum Gasteiger partial charge on any atom is -0.497 e. The second kappa shape index (κ2) is 8.37. The number of rotatable bonds is 6. The van der Waals surface area contributed by atoms with Gasteiger partial charge in [0.1, 0.15) is 5.75 Å². The van der Waals surface area contributed by atoms with Crippen LogP contribution in [0.25, 0.3) is 0 Å². The number of hydrogen-bond acceptors (Lipinski definition) is 3. The number of benzene rings is 2. The molecule has 0 aromatic heterocycles. The molecule has 1 aliphatic rings. The van der Waals surface area contributed by atoms with Gasteiger partial charge in [0.25, 0.3) is 0 Å². The van der Waals surface area contributed by atoms with Crippen LogP contribution in [-0.2, 0) is 4.79 Å². The largest absolute Gasteiger partial charge is 0.497 e. The Morgan fingerprint density at radius 1 is 1.19 bits per heavy atom. The van der Waals surface area contributed by atoms with Gasteiger partial charge in [-0.3, -0.25) is 9.69 Å². The second-order valence-electron chi connectivity index (χ2n) is 6.99. The first-order valence-electron chi connectivity index (χ1n) is 9.28. The maximum absolute atomic E-state index is 12.9. The minimum absolute atomic E-state index is 0.0748. The molecule has 3 rings (SSSR count). The molecule has 0 radical (unpaired) electrons. The van der Waals surface area contributed by atoms with E-state index in [4.69, 9.17) is 4.74 Å². The Balaban J connectivity index is 1.65. The maximum Gasteiger partial charge on any atom is 0.237 e. The van der Waals surface area contributed by atoms with Gasteiger partial charge in [-0.15, -0.1) is 0 Å². The SMILES string of the molecule is COc1ccc([C@@H]2CCCN2CC(=O)N(C)[C@H](C)c2ccccc2)cc1. The molecule has 0 saturated carbocycles. The molecule has 0 N–H and O–H groups in total. The number of hydrogen-bond donors (Lipinski definition) is 0. The van der Waals surface area contributed by atoms with Crippen LogP contribution in [0.5, 0.6) is 5.75 Å². The Hall–Kier alpha value is -2.33. The van der Waals surface area contributed by atoms with Crippen molar-refractivity contribution in [3.05, 3.63) is 65.7 Å². The summed E-state index contributed by atoms with van der Waals surface area (Å²) in [6, 6.07) is 18.8. The van der Waals surface area contributed by atoms with Gasteiger partial charge in [0.05, 0.1) is 19.7 Å². The zero-order valence-corrected chi connectivity index (χ0v) is 15.9. The fourth-order valence-corrected chi connectivity index (χ4v) is 3.68. The average Bonchev–Trinajstić information content (AvgIpc) is 3.15.